The van der Waals surface area contributed by atoms with E-state index in [0.717, 1.165) is 0 Å². The first-order valence-electron chi connectivity index (χ1n) is 4.72. The number of ether oxygens (including phenoxy) is 1. The van der Waals surface area contributed by atoms with Gasteiger partial charge in [-0.25, -0.2) is 4.79 Å². The summed E-state index contributed by atoms with van der Waals surface area (Å²) < 4.78 is 4.55. The molecule has 0 fully saturated rings. The number of terminal acetylenes is 1. The lowest BCUT2D eigenvalue weighted by Gasteiger charge is -2.06. The predicted molar refractivity (Wildman–Crippen MR) is 59.6 cm³/mol. The second kappa shape index (κ2) is 5.56. The molecule has 1 N–H and O–H groups in total. The summed E-state index contributed by atoms with van der Waals surface area (Å²) in [6, 6.07) is 6.74. The molecule has 0 aliphatic rings. The fraction of sp³-hybridized carbons (Fsp3) is 0.167. The Labute approximate surface area is 93.6 Å². The van der Waals surface area contributed by atoms with Crippen molar-refractivity contribution < 1.29 is 14.3 Å². The van der Waals surface area contributed by atoms with Crippen LogP contribution in [0, 0.1) is 12.3 Å². The molecule has 1 amide bonds. The summed E-state index contributed by atoms with van der Waals surface area (Å²) in [6.07, 6.45) is 5.24. The quantitative estimate of drug-likeness (QED) is 0.459. The highest BCUT2D eigenvalue weighted by atomic mass is 16.5. The van der Waals surface area contributed by atoms with Gasteiger partial charge in [0.1, 0.15) is 0 Å². The molecule has 0 bridgehead atoms. The van der Waals surface area contributed by atoms with Gasteiger partial charge in [0.05, 0.1) is 12.3 Å². The van der Waals surface area contributed by atoms with Gasteiger partial charge in [-0.15, -0.1) is 6.42 Å². The average molecular weight is 217 g/mol. The van der Waals surface area contributed by atoms with E-state index in [9.17, 15) is 9.59 Å². The highest BCUT2D eigenvalue weighted by molar-refractivity contribution is 6.37. The molecule has 1 rings (SSSR count). The van der Waals surface area contributed by atoms with Gasteiger partial charge in [-0.1, -0.05) is 18.1 Å². The number of esters is 1. The average Bonchev–Trinajstić information content (AvgIpc) is 2.30. The first-order valence-corrected chi connectivity index (χ1v) is 4.72. The van der Waals surface area contributed by atoms with Crippen LogP contribution in [0.1, 0.15) is 12.5 Å². The van der Waals surface area contributed by atoms with E-state index in [1.807, 2.05) is 0 Å². The molecule has 1 aromatic rings. The third-order valence-corrected chi connectivity index (χ3v) is 1.79. The van der Waals surface area contributed by atoms with E-state index >= 15 is 0 Å². The highest BCUT2D eigenvalue weighted by Gasteiger charge is 2.15. The Morgan fingerprint density at radius 3 is 2.75 bits per heavy atom. The Hall–Kier alpha value is -2.28. The number of amides is 1. The fourth-order valence-electron chi connectivity index (χ4n) is 1.09. The van der Waals surface area contributed by atoms with Crippen LogP contribution in [0.3, 0.4) is 0 Å². The number of para-hydroxylation sites is 1. The molecule has 16 heavy (non-hydrogen) atoms. The van der Waals surface area contributed by atoms with Crippen LogP contribution in [-0.4, -0.2) is 18.5 Å². The van der Waals surface area contributed by atoms with Gasteiger partial charge in [-0.05, 0) is 19.1 Å². The maximum absolute atomic E-state index is 11.3. The Kier molecular flexibility index (Phi) is 4.10. The minimum Gasteiger partial charge on any atom is -0.459 e. The van der Waals surface area contributed by atoms with Gasteiger partial charge in [-0.3, -0.25) is 4.79 Å². The molecular formula is C12H11NO3. The Morgan fingerprint density at radius 1 is 1.44 bits per heavy atom. The van der Waals surface area contributed by atoms with Crippen molar-refractivity contribution in [2.24, 2.45) is 0 Å². The van der Waals surface area contributed by atoms with Gasteiger partial charge in [-0.2, -0.15) is 0 Å². The third kappa shape index (κ3) is 2.85. The second-order valence-electron chi connectivity index (χ2n) is 2.86. The smallest absolute Gasteiger partial charge is 0.397 e. The summed E-state index contributed by atoms with van der Waals surface area (Å²) in [4.78, 5) is 22.4. The van der Waals surface area contributed by atoms with Crippen LogP contribution >= 0.6 is 0 Å². The lowest BCUT2D eigenvalue weighted by molar-refractivity contribution is -0.152. The zero-order chi connectivity index (χ0) is 12.0. The number of carbonyl (C=O) groups excluding carboxylic acids is 2. The number of nitrogens with one attached hydrogen (secondary N) is 1. The zero-order valence-corrected chi connectivity index (χ0v) is 8.82. The first-order chi connectivity index (χ1) is 7.69. The van der Waals surface area contributed by atoms with E-state index in [-0.39, 0.29) is 6.61 Å². The summed E-state index contributed by atoms with van der Waals surface area (Å²) in [5.41, 5.74) is 0.934. The van der Waals surface area contributed by atoms with Crippen molar-refractivity contribution in [1.82, 2.24) is 0 Å². The molecule has 4 heteroatoms. The maximum Gasteiger partial charge on any atom is 0.397 e. The lowest BCUT2D eigenvalue weighted by Crippen LogP contribution is -2.25. The van der Waals surface area contributed by atoms with Crippen molar-refractivity contribution in [3.05, 3.63) is 29.8 Å². The van der Waals surface area contributed by atoms with Crippen LogP contribution in [0.4, 0.5) is 5.69 Å². The van der Waals surface area contributed by atoms with Gasteiger partial charge in [0, 0.05) is 5.56 Å². The minimum absolute atomic E-state index is 0.156. The predicted octanol–water partition coefficient (Wildman–Crippen LogP) is 1.17. The van der Waals surface area contributed by atoms with Gasteiger partial charge >= 0.3 is 11.9 Å². The summed E-state index contributed by atoms with van der Waals surface area (Å²) in [6.45, 7) is 1.78. The molecule has 0 saturated heterocycles. The van der Waals surface area contributed by atoms with E-state index in [1.54, 1.807) is 31.2 Å². The molecular weight excluding hydrogens is 206 g/mol. The molecule has 0 heterocycles. The maximum atomic E-state index is 11.3. The van der Waals surface area contributed by atoms with E-state index in [1.165, 1.54) is 0 Å². The van der Waals surface area contributed by atoms with Crippen molar-refractivity contribution >= 4 is 17.6 Å². The van der Waals surface area contributed by atoms with Crippen molar-refractivity contribution in [3.63, 3.8) is 0 Å². The van der Waals surface area contributed by atoms with Crippen molar-refractivity contribution in [2.45, 2.75) is 6.92 Å². The summed E-state index contributed by atoms with van der Waals surface area (Å²) in [5, 5.41) is 2.39. The molecule has 0 aliphatic heterocycles. The van der Waals surface area contributed by atoms with E-state index in [2.05, 4.69) is 16.0 Å². The molecule has 0 atom stereocenters. The van der Waals surface area contributed by atoms with Gasteiger partial charge in [0.25, 0.3) is 0 Å². The summed E-state index contributed by atoms with van der Waals surface area (Å²) in [5.74, 6) is 0.654. The van der Waals surface area contributed by atoms with Crippen LogP contribution < -0.4 is 5.32 Å². The van der Waals surface area contributed by atoms with Crippen molar-refractivity contribution in [1.29, 1.82) is 0 Å². The first kappa shape index (κ1) is 11.8. The SMILES string of the molecule is C#Cc1ccccc1NC(=O)C(=O)OCC. The number of benzene rings is 1. The van der Waals surface area contributed by atoms with Crippen molar-refractivity contribution in [3.8, 4) is 12.3 Å². The van der Waals surface area contributed by atoms with Crippen LogP contribution in [0.25, 0.3) is 0 Å². The zero-order valence-electron chi connectivity index (χ0n) is 8.82. The Bertz CT molecular complexity index is 446. The number of anilines is 1. The molecule has 0 unspecified atom stereocenters. The topological polar surface area (TPSA) is 55.4 Å². The number of hydrogen-bond acceptors (Lipinski definition) is 3. The third-order valence-electron chi connectivity index (χ3n) is 1.79. The molecule has 0 aliphatic carbocycles. The molecule has 0 spiro atoms. The van der Waals surface area contributed by atoms with Crippen LogP contribution in [0.15, 0.2) is 24.3 Å². The molecule has 0 aromatic heterocycles. The summed E-state index contributed by atoms with van der Waals surface area (Å²) in [7, 11) is 0. The standard InChI is InChI=1S/C12H11NO3/c1-3-9-7-5-6-8-10(9)13-11(14)12(15)16-4-2/h1,5-8H,4H2,2H3,(H,13,14). The van der Waals surface area contributed by atoms with Gasteiger partial charge in [0.2, 0.25) is 0 Å². The lowest BCUT2D eigenvalue weighted by atomic mass is 10.2. The molecule has 0 saturated carbocycles. The highest BCUT2D eigenvalue weighted by Crippen LogP contribution is 2.13. The molecule has 82 valence electrons. The number of rotatable bonds is 2. The van der Waals surface area contributed by atoms with E-state index in [0.29, 0.717) is 11.3 Å². The molecule has 1 aromatic carbocycles. The Morgan fingerprint density at radius 2 is 2.12 bits per heavy atom. The number of carbonyl (C=O) groups is 2. The molecule has 0 radical (unpaired) electrons. The van der Waals surface area contributed by atoms with Crippen molar-refractivity contribution in [2.75, 3.05) is 11.9 Å². The fourth-order valence-corrected chi connectivity index (χ4v) is 1.09. The summed E-state index contributed by atoms with van der Waals surface area (Å²) >= 11 is 0. The monoisotopic (exact) mass is 217 g/mol. The van der Waals surface area contributed by atoms with E-state index < -0.39 is 11.9 Å². The van der Waals surface area contributed by atoms with Gasteiger partial charge < -0.3 is 10.1 Å². The van der Waals surface area contributed by atoms with Crippen LogP contribution in [0.2, 0.25) is 0 Å². The molecule has 4 nitrogen and oxygen atoms in total. The largest absolute Gasteiger partial charge is 0.459 e. The van der Waals surface area contributed by atoms with Gasteiger partial charge in [0.15, 0.2) is 0 Å². The number of hydrogen-bond donors (Lipinski definition) is 1. The van der Waals surface area contributed by atoms with Crippen LogP contribution in [0.5, 0.6) is 0 Å². The van der Waals surface area contributed by atoms with E-state index in [4.69, 9.17) is 6.42 Å². The second-order valence-corrected chi connectivity index (χ2v) is 2.86. The Balaban J connectivity index is 2.78. The normalized spacial score (nSPS) is 9.00. The minimum atomic E-state index is -0.922. The van der Waals surface area contributed by atoms with Crippen LogP contribution in [-0.2, 0) is 14.3 Å².